The van der Waals surface area contributed by atoms with Crippen molar-refractivity contribution in [3.63, 3.8) is 0 Å². The van der Waals surface area contributed by atoms with E-state index < -0.39 is 24.1 Å². The zero-order chi connectivity index (χ0) is 18.5. The summed E-state index contributed by atoms with van der Waals surface area (Å²) >= 11 is 7.60. The lowest BCUT2D eigenvalue weighted by Gasteiger charge is -2.15. The predicted octanol–water partition coefficient (Wildman–Crippen LogP) is 3.49. The Bertz CT molecular complexity index is 655. The van der Waals surface area contributed by atoms with E-state index in [4.69, 9.17) is 11.6 Å². The molecule has 0 aliphatic rings. The van der Waals surface area contributed by atoms with Gasteiger partial charge in [0.1, 0.15) is 11.4 Å². The van der Waals surface area contributed by atoms with Gasteiger partial charge in [0.2, 0.25) is 0 Å². The largest absolute Gasteiger partial charge is 0.573 e. The highest BCUT2D eigenvalue weighted by Crippen LogP contribution is 2.35. The molecule has 0 radical (unpaired) electrons. The number of alkyl halides is 3. The molecule has 0 aliphatic heterocycles. The van der Waals surface area contributed by atoms with Gasteiger partial charge in [-0.25, -0.2) is 9.59 Å². The number of carbonyl (C=O) groups is 2. The number of hydrogen-bond donors (Lipinski definition) is 1. The van der Waals surface area contributed by atoms with Crippen LogP contribution in [0.4, 0.5) is 18.9 Å². The molecule has 0 saturated carbocycles. The monoisotopic (exact) mass is 479 g/mol. The second-order valence-corrected chi connectivity index (χ2v) is 5.58. The van der Waals surface area contributed by atoms with E-state index in [1.165, 1.54) is 0 Å². The Hall–Kier alpha value is -1.69. The molecule has 0 fully saturated rings. The van der Waals surface area contributed by atoms with E-state index in [1.807, 2.05) is 0 Å². The van der Waals surface area contributed by atoms with Crippen LogP contribution in [0.15, 0.2) is 23.9 Å². The van der Waals surface area contributed by atoms with Crippen LogP contribution in [0.1, 0.15) is 0 Å². The van der Waals surface area contributed by atoms with Crippen LogP contribution in [0, 0.1) is 3.57 Å². The molecule has 1 aromatic rings. The highest BCUT2D eigenvalue weighted by Gasteiger charge is 2.31. The lowest BCUT2D eigenvalue weighted by molar-refractivity contribution is -0.274. The molecule has 1 rings (SSSR count). The predicted molar refractivity (Wildman–Crippen MR) is 86.6 cm³/mol. The van der Waals surface area contributed by atoms with E-state index in [0.717, 1.165) is 32.4 Å². The number of esters is 2. The van der Waals surface area contributed by atoms with Gasteiger partial charge in [-0.05, 0) is 28.7 Å². The second-order valence-electron chi connectivity index (χ2n) is 4.01. The summed E-state index contributed by atoms with van der Waals surface area (Å²) in [6.45, 7) is 0. The first-order valence-corrected chi connectivity index (χ1v) is 7.42. The van der Waals surface area contributed by atoms with Gasteiger partial charge in [0, 0.05) is 9.64 Å². The molecule has 0 saturated heterocycles. The number of methoxy groups -OCH3 is 2. The molecule has 11 heteroatoms. The van der Waals surface area contributed by atoms with Crippen LogP contribution in [0.5, 0.6) is 5.75 Å². The lowest BCUT2D eigenvalue weighted by Crippen LogP contribution is -2.18. The fourth-order valence-corrected chi connectivity index (χ4v) is 2.58. The third-order valence-electron chi connectivity index (χ3n) is 2.38. The average molecular weight is 480 g/mol. The van der Waals surface area contributed by atoms with Crippen LogP contribution in [-0.2, 0) is 19.1 Å². The van der Waals surface area contributed by atoms with Gasteiger partial charge in [-0.1, -0.05) is 11.6 Å². The van der Waals surface area contributed by atoms with Gasteiger partial charge >= 0.3 is 18.3 Å². The Balaban J connectivity index is 3.19. The van der Waals surface area contributed by atoms with E-state index in [2.05, 4.69) is 19.5 Å². The molecule has 0 amide bonds. The van der Waals surface area contributed by atoms with Crippen molar-refractivity contribution in [1.29, 1.82) is 0 Å². The highest BCUT2D eigenvalue weighted by molar-refractivity contribution is 14.1. The molecule has 1 aromatic carbocycles. The fourth-order valence-electron chi connectivity index (χ4n) is 1.43. The molecular formula is C13H10ClF3INO5. The minimum Gasteiger partial charge on any atom is -0.466 e. The summed E-state index contributed by atoms with van der Waals surface area (Å²) in [5, 5.41) is 2.37. The van der Waals surface area contributed by atoms with Gasteiger partial charge in [-0.15, -0.1) is 13.2 Å². The van der Waals surface area contributed by atoms with E-state index in [0.29, 0.717) is 0 Å². The number of hydrogen-bond acceptors (Lipinski definition) is 6. The van der Waals surface area contributed by atoms with Crippen LogP contribution in [0.3, 0.4) is 0 Å². The minimum absolute atomic E-state index is 0.0901. The zero-order valence-electron chi connectivity index (χ0n) is 12.2. The summed E-state index contributed by atoms with van der Waals surface area (Å²) in [6.07, 6.45) is -4.05. The summed E-state index contributed by atoms with van der Waals surface area (Å²) in [5.41, 5.74) is -0.221. The Labute approximate surface area is 153 Å². The maximum Gasteiger partial charge on any atom is 0.573 e. The third-order valence-corrected chi connectivity index (χ3v) is 3.53. The molecule has 6 nitrogen and oxygen atoms in total. The van der Waals surface area contributed by atoms with Crippen LogP contribution in [0.25, 0.3) is 0 Å². The minimum atomic E-state index is -4.87. The van der Waals surface area contributed by atoms with Gasteiger partial charge in [0.15, 0.2) is 0 Å². The third kappa shape index (κ3) is 6.07. The first-order chi connectivity index (χ1) is 11.1. The van der Waals surface area contributed by atoms with E-state index >= 15 is 0 Å². The molecule has 132 valence electrons. The van der Waals surface area contributed by atoms with Crippen molar-refractivity contribution >= 4 is 51.8 Å². The van der Waals surface area contributed by atoms with Crippen molar-refractivity contribution < 1.29 is 37.0 Å². The Morgan fingerprint density at radius 3 is 2.33 bits per heavy atom. The van der Waals surface area contributed by atoms with Crippen LogP contribution in [0.2, 0.25) is 5.02 Å². The molecule has 0 bridgehead atoms. The summed E-state index contributed by atoms with van der Waals surface area (Å²) in [4.78, 5) is 23.0. The van der Waals surface area contributed by atoms with E-state index in [1.54, 1.807) is 22.6 Å². The normalized spacial score (nSPS) is 11.7. The Kier molecular flexibility index (Phi) is 7.14. The van der Waals surface area contributed by atoms with Crippen molar-refractivity contribution in [3.8, 4) is 5.75 Å². The van der Waals surface area contributed by atoms with Crippen molar-refractivity contribution in [3.05, 3.63) is 32.5 Å². The van der Waals surface area contributed by atoms with Crippen LogP contribution < -0.4 is 10.1 Å². The Morgan fingerprint density at radius 1 is 1.25 bits per heavy atom. The molecule has 0 atom stereocenters. The molecule has 24 heavy (non-hydrogen) atoms. The van der Waals surface area contributed by atoms with Gasteiger partial charge in [-0.2, -0.15) is 0 Å². The van der Waals surface area contributed by atoms with Crippen molar-refractivity contribution in [2.45, 2.75) is 6.36 Å². The Morgan fingerprint density at radius 2 is 1.88 bits per heavy atom. The maximum absolute atomic E-state index is 12.2. The van der Waals surface area contributed by atoms with Crippen LogP contribution >= 0.6 is 34.2 Å². The first-order valence-electron chi connectivity index (χ1n) is 5.97. The molecule has 1 N–H and O–H groups in total. The summed E-state index contributed by atoms with van der Waals surface area (Å²) in [7, 11) is 2.19. The van der Waals surface area contributed by atoms with Gasteiger partial charge in [0.05, 0.1) is 31.0 Å². The van der Waals surface area contributed by atoms with Gasteiger partial charge in [0.25, 0.3) is 0 Å². The number of nitrogens with one attached hydrogen (secondary N) is 1. The first kappa shape index (κ1) is 20.4. The average Bonchev–Trinajstić information content (AvgIpc) is 2.46. The number of carbonyl (C=O) groups excluding carboxylic acids is 2. The summed E-state index contributed by atoms with van der Waals surface area (Å²) in [5.74, 6) is -2.27. The molecule has 0 heterocycles. The quantitative estimate of drug-likeness (QED) is 0.396. The molecule has 0 aromatic heterocycles. The number of anilines is 1. The van der Waals surface area contributed by atoms with Crippen molar-refractivity contribution in [2.75, 3.05) is 19.5 Å². The summed E-state index contributed by atoms with van der Waals surface area (Å²) in [6, 6.07) is 1.96. The van der Waals surface area contributed by atoms with Gasteiger partial charge < -0.3 is 19.5 Å². The SMILES string of the molecule is COC(=O)/C=C(/Nc1c(Cl)cc(OC(F)(F)F)cc1I)C(=O)OC. The molecular weight excluding hydrogens is 469 g/mol. The van der Waals surface area contributed by atoms with Gasteiger partial charge in [-0.3, -0.25) is 0 Å². The number of rotatable bonds is 5. The van der Waals surface area contributed by atoms with E-state index in [9.17, 15) is 22.8 Å². The topological polar surface area (TPSA) is 73.9 Å². The number of benzene rings is 1. The molecule has 0 spiro atoms. The number of ether oxygens (including phenoxy) is 3. The van der Waals surface area contributed by atoms with Crippen LogP contribution in [-0.4, -0.2) is 32.5 Å². The second kappa shape index (κ2) is 8.42. The summed E-state index contributed by atoms with van der Waals surface area (Å²) < 4.78 is 49.6. The molecule has 0 unspecified atom stereocenters. The standard InChI is InChI=1S/C13H10ClF3INO5/c1-22-10(20)5-9(12(21)23-2)19-11-7(14)3-6(4-8(11)18)24-13(15,16)17/h3-5,19H,1-2H3/b9-5+. The van der Waals surface area contributed by atoms with Crippen molar-refractivity contribution in [2.24, 2.45) is 0 Å². The zero-order valence-corrected chi connectivity index (χ0v) is 15.1. The maximum atomic E-state index is 12.2. The number of halogens is 5. The molecule has 0 aliphatic carbocycles. The fraction of sp³-hybridized carbons (Fsp3) is 0.231. The smallest absolute Gasteiger partial charge is 0.466 e. The van der Waals surface area contributed by atoms with Crippen molar-refractivity contribution in [1.82, 2.24) is 0 Å². The highest BCUT2D eigenvalue weighted by atomic mass is 127. The lowest BCUT2D eigenvalue weighted by atomic mass is 10.2. The van der Waals surface area contributed by atoms with E-state index in [-0.39, 0.29) is 20.0 Å².